The predicted molar refractivity (Wildman–Crippen MR) is 120 cm³/mol. The van der Waals surface area contributed by atoms with E-state index >= 15 is 0 Å². The lowest BCUT2D eigenvalue weighted by atomic mass is 9.96. The quantitative estimate of drug-likeness (QED) is 0.489. The van der Waals surface area contributed by atoms with Gasteiger partial charge in [0.05, 0.1) is 26.1 Å². The van der Waals surface area contributed by atoms with E-state index < -0.39 is 36.8 Å². The van der Waals surface area contributed by atoms with E-state index in [9.17, 15) is 19.6 Å². The smallest absolute Gasteiger partial charge is 0.327 e. The van der Waals surface area contributed by atoms with Crippen LogP contribution in [0, 0.1) is 6.92 Å². The molecule has 6 atom stereocenters. The van der Waals surface area contributed by atoms with Crippen LogP contribution in [-0.4, -0.2) is 78.8 Å². The Hall–Kier alpha value is -1.60. The van der Waals surface area contributed by atoms with Crippen molar-refractivity contribution in [3.8, 4) is 5.88 Å². The molecule has 4 rings (SSSR count). The van der Waals surface area contributed by atoms with Crippen LogP contribution in [0.2, 0.25) is 0 Å². The standard InChI is InChI=1S/C19H28N5O7PS/c1-10(25)12-6-5-7-33-32(28,23-12)30-8-13-15(26)19(3,27)18(31-13)24-9-20-14-16(24)21-11(2)22-17(14)29-4/h9,12-13,15,18,26-27H,5-8H2,1-4H3,(H,23,28)/t12?,13-,15-,18-,19-,32?/m1/s1. The molecule has 182 valence electrons. The first-order chi connectivity index (χ1) is 15.6. The van der Waals surface area contributed by atoms with E-state index in [1.54, 1.807) is 6.92 Å². The van der Waals surface area contributed by atoms with Gasteiger partial charge in [-0.2, -0.15) is 4.98 Å². The summed E-state index contributed by atoms with van der Waals surface area (Å²) in [6.07, 6.45) is -0.652. The number of aliphatic hydroxyl groups excluding tert-OH is 1. The largest absolute Gasteiger partial charge is 0.479 e. The van der Waals surface area contributed by atoms with Crippen molar-refractivity contribution in [3.63, 3.8) is 0 Å². The molecule has 14 heteroatoms. The number of imidazole rings is 1. The Balaban J connectivity index is 1.55. The Labute approximate surface area is 194 Å². The molecule has 2 fully saturated rings. The Morgan fingerprint density at radius 2 is 2.24 bits per heavy atom. The van der Waals surface area contributed by atoms with E-state index in [1.807, 2.05) is 0 Å². The number of rotatable bonds is 6. The molecule has 2 aromatic rings. The van der Waals surface area contributed by atoms with Crippen molar-refractivity contribution in [2.24, 2.45) is 0 Å². The van der Waals surface area contributed by atoms with Crippen molar-refractivity contribution in [2.75, 3.05) is 19.5 Å². The van der Waals surface area contributed by atoms with E-state index in [0.717, 1.165) is 17.8 Å². The number of Topliss-reactive ketones (excluding diaryl/α,β-unsaturated/α-hetero) is 1. The molecule has 2 aromatic heterocycles. The summed E-state index contributed by atoms with van der Waals surface area (Å²) in [5.74, 6) is 1.18. The SMILES string of the molecule is COc1nc(C)nc2c1ncn2[C@@H]1O[C@H](COP2(=O)NC(C(C)=O)CCCS2)[C@@H](O)[C@@]1(C)O. The molecule has 4 heterocycles. The number of nitrogens with zero attached hydrogens (tertiary/aromatic N) is 4. The Kier molecular flexibility index (Phi) is 6.85. The average molecular weight is 502 g/mol. The molecule has 0 aliphatic carbocycles. The number of ether oxygens (including phenoxy) is 2. The lowest BCUT2D eigenvalue weighted by molar-refractivity contribution is -0.118. The molecule has 2 saturated heterocycles. The van der Waals surface area contributed by atoms with Gasteiger partial charge in [-0.15, -0.1) is 0 Å². The van der Waals surface area contributed by atoms with Crippen molar-refractivity contribution in [3.05, 3.63) is 12.2 Å². The normalized spacial score (nSPS) is 35.0. The number of aromatic nitrogens is 4. The van der Waals surface area contributed by atoms with Crippen LogP contribution in [0.25, 0.3) is 11.2 Å². The molecule has 0 aromatic carbocycles. The first-order valence-corrected chi connectivity index (χ1v) is 13.8. The molecule has 2 unspecified atom stereocenters. The highest BCUT2D eigenvalue weighted by Crippen LogP contribution is 2.58. The van der Waals surface area contributed by atoms with Crippen LogP contribution in [-0.2, 0) is 18.6 Å². The summed E-state index contributed by atoms with van der Waals surface area (Å²) < 4.78 is 31.6. The first-order valence-electron chi connectivity index (χ1n) is 10.5. The zero-order valence-electron chi connectivity index (χ0n) is 18.8. The maximum Gasteiger partial charge on any atom is 0.327 e. The summed E-state index contributed by atoms with van der Waals surface area (Å²) in [6, 6.07) is -0.550. The molecule has 2 aliphatic rings. The minimum absolute atomic E-state index is 0.110. The fourth-order valence-corrected chi connectivity index (χ4v) is 7.91. The highest BCUT2D eigenvalue weighted by Gasteiger charge is 2.54. The zero-order valence-corrected chi connectivity index (χ0v) is 20.5. The van der Waals surface area contributed by atoms with E-state index in [1.165, 1.54) is 31.9 Å². The molecule has 0 saturated carbocycles. The number of carbonyl (C=O) groups is 1. The van der Waals surface area contributed by atoms with Gasteiger partial charge in [0, 0.05) is 5.75 Å². The third-order valence-electron chi connectivity index (χ3n) is 5.81. The van der Waals surface area contributed by atoms with E-state index in [0.29, 0.717) is 29.2 Å². The number of methoxy groups -OCH3 is 1. The van der Waals surface area contributed by atoms with Crippen molar-refractivity contribution < 1.29 is 33.6 Å². The first kappa shape index (κ1) is 24.5. The number of aryl methyl sites for hydroxylation is 1. The van der Waals surface area contributed by atoms with Crippen LogP contribution in [0.4, 0.5) is 0 Å². The molecule has 0 spiro atoms. The number of fused-ring (bicyclic) bond motifs is 1. The lowest BCUT2D eigenvalue weighted by Gasteiger charge is -2.27. The summed E-state index contributed by atoms with van der Waals surface area (Å²) in [5.41, 5.74) is -0.972. The molecule has 0 radical (unpaired) electrons. The number of hydrogen-bond donors (Lipinski definition) is 3. The molecule has 0 bridgehead atoms. The van der Waals surface area contributed by atoms with Gasteiger partial charge < -0.3 is 24.2 Å². The van der Waals surface area contributed by atoms with Crippen LogP contribution in [0.3, 0.4) is 0 Å². The Morgan fingerprint density at radius 3 is 2.94 bits per heavy atom. The monoisotopic (exact) mass is 501 g/mol. The second-order valence-electron chi connectivity index (χ2n) is 8.36. The topological polar surface area (TPSA) is 158 Å². The number of nitrogens with one attached hydrogen (secondary N) is 1. The highest BCUT2D eigenvalue weighted by molar-refractivity contribution is 8.56. The van der Waals surface area contributed by atoms with Crippen molar-refractivity contribution in [2.45, 2.75) is 63.7 Å². The maximum atomic E-state index is 13.2. The summed E-state index contributed by atoms with van der Waals surface area (Å²) in [6.45, 7) is 0.919. The molecule has 0 amide bonds. The van der Waals surface area contributed by atoms with E-state index in [-0.39, 0.29) is 18.3 Å². The van der Waals surface area contributed by atoms with E-state index in [2.05, 4.69) is 20.0 Å². The van der Waals surface area contributed by atoms with Crippen LogP contribution in [0.5, 0.6) is 5.88 Å². The summed E-state index contributed by atoms with van der Waals surface area (Å²) >= 11 is 1.12. The Morgan fingerprint density at radius 1 is 1.48 bits per heavy atom. The van der Waals surface area contributed by atoms with Crippen LogP contribution in [0.1, 0.15) is 38.7 Å². The predicted octanol–water partition coefficient (Wildman–Crippen LogP) is 1.35. The zero-order chi connectivity index (χ0) is 24.0. The van der Waals surface area contributed by atoms with Gasteiger partial charge in [-0.05, 0) is 33.6 Å². The van der Waals surface area contributed by atoms with Crippen LogP contribution in [0.15, 0.2) is 6.33 Å². The number of ketones is 1. The molecule has 33 heavy (non-hydrogen) atoms. The van der Waals surface area contributed by atoms with Crippen molar-refractivity contribution >= 4 is 35.1 Å². The van der Waals surface area contributed by atoms with Crippen LogP contribution >= 0.6 is 18.1 Å². The number of aliphatic hydroxyl groups is 2. The second-order valence-corrected chi connectivity index (χ2v) is 12.8. The minimum Gasteiger partial charge on any atom is -0.479 e. The van der Waals surface area contributed by atoms with Crippen LogP contribution < -0.4 is 9.82 Å². The maximum absolute atomic E-state index is 13.2. The fourth-order valence-electron chi connectivity index (χ4n) is 3.99. The third kappa shape index (κ3) is 4.68. The Bertz CT molecular complexity index is 1100. The van der Waals surface area contributed by atoms with Gasteiger partial charge in [0.1, 0.15) is 29.4 Å². The minimum atomic E-state index is -3.41. The number of hydrogen-bond acceptors (Lipinski definition) is 11. The molecule has 12 nitrogen and oxygen atoms in total. The van der Waals surface area contributed by atoms with Gasteiger partial charge in [0.25, 0.3) is 0 Å². The fraction of sp³-hybridized carbons (Fsp3) is 0.684. The van der Waals surface area contributed by atoms with E-state index in [4.69, 9.17) is 14.0 Å². The number of carbonyl (C=O) groups excluding carboxylic acids is 1. The van der Waals surface area contributed by atoms with Gasteiger partial charge >= 0.3 is 6.72 Å². The molecule has 2 aliphatic heterocycles. The van der Waals surface area contributed by atoms with Gasteiger partial charge in [-0.3, -0.25) is 13.9 Å². The molecular weight excluding hydrogens is 473 g/mol. The second kappa shape index (κ2) is 9.21. The summed E-state index contributed by atoms with van der Waals surface area (Å²) in [5, 5.41) is 24.7. The lowest BCUT2D eigenvalue weighted by Crippen LogP contribution is -2.44. The summed E-state index contributed by atoms with van der Waals surface area (Å²) in [7, 11) is 1.47. The van der Waals surface area contributed by atoms with Gasteiger partial charge in [-0.1, -0.05) is 11.4 Å². The van der Waals surface area contributed by atoms with Crippen molar-refractivity contribution in [1.29, 1.82) is 0 Å². The summed E-state index contributed by atoms with van der Waals surface area (Å²) in [4.78, 5) is 24.7. The van der Waals surface area contributed by atoms with Gasteiger partial charge in [-0.25, -0.2) is 15.1 Å². The molecule has 3 N–H and O–H groups in total. The van der Waals surface area contributed by atoms with Gasteiger partial charge in [0.15, 0.2) is 17.4 Å². The average Bonchev–Trinajstić information content (AvgIpc) is 3.18. The highest BCUT2D eigenvalue weighted by atomic mass is 32.7. The van der Waals surface area contributed by atoms with Gasteiger partial charge in [0.2, 0.25) is 5.88 Å². The third-order valence-corrected chi connectivity index (χ3v) is 9.94. The van der Waals surface area contributed by atoms with Crippen molar-refractivity contribution in [1.82, 2.24) is 24.6 Å². The molecular formula is C19H28N5O7PS.